The lowest BCUT2D eigenvalue weighted by atomic mass is 10.2. The first kappa shape index (κ1) is 16.7. The van der Waals surface area contributed by atoms with Crippen LogP contribution in [-0.2, 0) is 0 Å². The number of thiazole rings is 1. The molecule has 7 heteroatoms. The molecule has 0 radical (unpaired) electrons. The third-order valence-electron chi connectivity index (χ3n) is 4.12. The molecule has 0 aliphatic carbocycles. The predicted molar refractivity (Wildman–Crippen MR) is 97.7 cm³/mol. The third-order valence-corrected chi connectivity index (χ3v) is 4.97. The number of furan rings is 1. The van der Waals surface area contributed by atoms with Gasteiger partial charge in [0.25, 0.3) is 5.91 Å². The van der Waals surface area contributed by atoms with Gasteiger partial charge in [0.15, 0.2) is 28.4 Å². The van der Waals surface area contributed by atoms with Gasteiger partial charge in [0, 0.05) is 11.9 Å². The van der Waals surface area contributed by atoms with E-state index < -0.39 is 0 Å². The van der Waals surface area contributed by atoms with E-state index in [2.05, 4.69) is 4.98 Å². The van der Waals surface area contributed by atoms with Crippen LogP contribution < -0.4 is 9.47 Å². The number of hydrogen-bond acceptors (Lipinski definition) is 6. The van der Waals surface area contributed by atoms with Gasteiger partial charge < -0.3 is 18.8 Å². The van der Waals surface area contributed by atoms with Gasteiger partial charge in [0.05, 0.1) is 12.8 Å². The van der Waals surface area contributed by atoms with Crippen LogP contribution in [0.5, 0.6) is 11.5 Å². The number of rotatable bonds is 5. The fourth-order valence-electron chi connectivity index (χ4n) is 2.80. The average Bonchev–Trinajstić information content (AvgIpc) is 3.36. The number of aromatic nitrogens is 1. The molecule has 1 aliphatic rings. The number of para-hydroxylation sites is 2. The van der Waals surface area contributed by atoms with Crippen molar-refractivity contribution in [3.63, 3.8) is 0 Å². The van der Waals surface area contributed by atoms with Crippen molar-refractivity contribution in [2.75, 3.05) is 19.7 Å². The molecule has 1 amide bonds. The topological polar surface area (TPSA) is 64.8 Å². The largest absolute Gasteiger partial charge is 0.486 e. The highest BCUT2D eigenvalue weighted by atomic mass is 32.1. The summed E-state index contributed by atoms with van der Waals surface area (Å²) in [6.07, 6.45) is 1.38. The second-order valence-electron chi connectivity index (χ2n) is 5.86. The molecule has 0 saturated carbocycles. The van der Waals surface area contributed by atoms with E-state index in [1.807, 2.05) is 37.3 Å². The van der Waals surface area contributed by atoms with Crippen molar-refractivity contribution < 1.29 is 18.7 Å². The van der Waals surface area contributed by atoms with Gasteiger partial charge in [-0.3, -0.25) is 4.79 Å². The van der Waals surface area contributed by atoms with E-state index in [1.165, 1.54) is 11.3 Å². The normalized spacial score (nSPS) is 15.7. The number of hydrogen-bond donors (Lipinski definition) is 0. The lowest BCUT2D eigenvalue weighted by molar-refractivity contribution is 0.0472. The molecule has 0 bridgehead atoms. The number of benzene rings is 1. The fourth-order valence-corrected chi connectivity index (χ4v) is 3.56. The molecule has 0 N–H and O–H groups in total. The van der Waals surface area contributed by atoms with Crippen molar-refractivity contribution in [2.24, 2.45) is 0 Å². The Morgan fingerprint density at radius 2 is 2.12 bits per heavy atom. The monoisotopic (exact) mass is 370 g/mol. The summed E-state index contributed by atoms with van der Waals surface area (Å²) in [5, 5.41) is 2.46. The maximum absolute atomic E-state index is 12.8. The highest BCUT2D eigenvalue weighted by molar-refractivity contribution is 7.13. The van der Waals surface area contributed by atoms with Gasteiger partial charge in [0.2, 0.25) is 0 Å². The summed E-state index contributed by atoms with van der Waals surface area (Å²) in [6.45, 7) is 3.36. The van der Waals surface area contributed by atoms with Crippen LogP contribution in [0.25, 0.3) is 10.8 Å². The first-order chi connectivity index (χ1) is 12.7. The Kier molecular flexibility index (Phi) is 4.62. The molecule has 26 heavy (non-hydrogen) atoms. The maximum Gasteiger partial charge on any atom is 0.273 e. The zero-order chi connectivity index (χ0) is 17.9. The minimum absolute atomic E-state index is 0.121. The summed E-state index contributed by atoms with van der Waals surface area (Å²) >= 11 is 1.39. The van der Waals surface area contributed by atoms with Crippen LogP contribution in [-0.4, -0.2) is 41.6 Å². The van der Waals surface area contributed by atoms with Crippen LogP contribution in [0.3, 0.4) is 0 Å². The van der Waals surface area contributed by atoms with Gasteiger partial charge in [-0.25, -0.2) is 4.98 Å². The summed E-state index contributed by atoms with van der Waals surface area (Å²) in [7, 11) is 0. The molecule has 3 aromatic rings. The van der Waals surface area contributed by atoms with E-state index in [9.17, 15) is 4.79 Å². The van der Waals surface area contributed by atoms with E-state index in [4.69, 9.17) is 13.9 Å². The second-order valence-corrected chi connectivity index (χ2v) is 6.71. The van der Waals surface area contributed by atoms with Gasteiger partial charge in [0.1, 0.15) is 12.3 Å². The van der Waals surface area contributed by atoms with Gasteiger partial charge in [-0.15, -0.1) is 11.3 Å². The Bertz CT molecular complexity index is 891. The van der Waals surface area contributed by atoms with E-state index in [0.29, 0.717) is 41.9 Å². The van der Waals surface area contributed by atoms with Gasteiger partial charge in [-0.1, -0.05) is 12.1 Å². The molecule has 134 valence electrons. The quantitative estimate of drug-likeness (QED) is 0.685. The van der Waals surface area contributed by atoms with Crippen LogP contribution >= 0.6 is 11.3 Å². The van der Waals surface area contributed by atoms with E-state index in [-0.39, 0.29) is 12.0 Å². The molecule has 3 heterocycles. The summed E-state index contributed by atoms with van der Waals surface area (Å²) < 4.78 is 17.0. The second kappa shape index (κ2) is 7.21. The number of nitrogens with zero attached hydrogens (tertiary/aromatic N) is 2. The van der Waals surface area contributed by atoms with Crippen molar-refractivity contribution in [1.82, 2.24) is 9.88 Å². The number of carbonyl (C=O) groups excluding carboxylic acids is 1. The number of amides is 1. The summed E-state index contributed by atoms with van der Waals surface area (Å²) in [5.74, 6) is 1.99. The summed E-state index contributed by atoms with van der Waals surface area (Å²) in [5.41, 5.74) is 0.417. The highest BCUT2D eigenvalue weighted by Gasteiger charge is 2.26. The summed E-state index contributed by atoms with van der Waals surface area (Å²) in [4.78, 5) is 19.0. The lowest BCUT2D eigenvalue weighted by Gasteiger charge is -2.30. The number of ether oxygens (including phenoxy) is 2. The summed E-state index contributed by atoms with van der Waals surface area (Å²) in [6, 6.07) is 11.2. The Morgan fingerprint density at radius 1 is 1.27 bits per heavy atom. The zero-order valence-electron chi connectivity index (χ0n) is 14.3. The van der Waals surface area contributed by atoms with Crippen molar-refractivity contribution in [3.05, 3.63) is 53.7 Å². The number of carbonyl (C=O) groups is 1. The average molecular weight is 370 g/mol. The minimum Gasteiger partial charge on any atom is -0.486 e. The highest BCUT2D eigenvalue weighted by Crippen LogP contribution is 2.31. The van der Waals surface area contributed by atoms with Crippen molar-refractivity contribution >= 4 is 17.2 Å². The van der Waals surface area contributed by atoms with E-state index >= 15 is 0 Å². The Balaban J connectivity index is 1.45. The maximum atomic E-state index is 12.8. The molecular weight excluding hydrogens is 352 g/mol. The van der Waals surface area contributed by atoms with Crippen LogP contribution in [0.15, 0.2) is 52.5 Å². The molecule has 0 saturated heterocycles. The number of fused-ring (bicyclic) bond motifs is 1. The van der Waals surface area contributed by atoms with Crippen molar-refractivity contribution in [2.45, 2.75) is 13.0 Å². The van der Waals surface area contributed by atoms with Gasteiger partial charge in [-0.2, -0.15) is 0 Å². The van der Waals surface area contributed by atoms with Gasteiger partial charge in [-0.05, 0) is 31.2 Å². The first-order valence-corrected chi connectivity index (χ1v) is 9.29. The Morgan fingerprint density at radius 3 is 2.88 bits per heavy atom. The van der Waals surface area contributed by atoms with Crippen molar-refractivity contribution in [1.29, 1.82) is 0 Å². The van der Waals surface area contributed by atoms with Crippen molar-refractivity contribution in [3.8, 4) is 22.3 Å². The minimum atomic E-state index is -0.211. The van der Waals surface area contributed by atoms with Crippen LogP contribution in [0.1, 0.15) is 17.4 Å². The molecule has 1 unspecified atom stereocenters. The molecule has 1 aliphatic heterocycles. The standard InChI is InChI=1S/C19H18N2O4S/c1-2-21(10-13-11-24-15-6-3-4-7-16(15)25-13)19(22)14-12-26-18(20-14)17-8-5-9-23-17/h3-9,12-13H,2,10-11H2,1H3. The van der Waals surface area contributed by atoms with Gasteiger partial charge >= 0.3 is 0 Å². The molecule has 2 aromatic heterocycles. The molecule has 0 fully saturated rings. The molecule has 0 spiro atoms. The molecule has 1 atom stereocenters. The lowest BCUT2D eigenvalue weighted by Crippen LogP contribution is -2.43. The van der Waals surface area contributed by atoms with E-state index in [0.717, 1.165) is 5.75 Å². The van der Waals surface area contributed by atoms with Crippen LogP contribution in [0, 0.1) is 0 Å². The fraction of sp³-hybridized carbons (Fsp3) is 0.263. The first-order valence-electron chi connectivity index (χ1n) is 8.41. The third kappa shape index (κ3) is 3.30. The molecule has 6 nitrogen and oxygen atoms in total. The SMILES string of the molecule is CCN(CC1COc2ccccc2O1)C(=O)c1csc(-c2ccco2)n1. The molecule has 4 rings (SSSR count). The Labute approximate surface area is 155 Å². The number of likely N-dealkylation sites (N-methyl/N-ethyl adjacent to an activating group) is 1. The molecule has 1 aromatic carbocycles. The predicted octanol–water partition coefficient (Wildman–Crippen LogP) is 3.71. The molecular formula is C19H18N2O4S. The zero-order valence-corrected chi connectivity index (χ0v) is 15.1. The van der Waals surface area contributed by atoms with Crippen LogP contribution in [0.4, 0.5) is 0 Å². The Hall–Kier alpha value is -2.80. The smallest absolute Gasteiger partial charge is 0.273 e. The van der Waals surface area contributed by atoms with Crippen LogP contribution in [0.2, 0.25) is 0 Å². The van der Waals surface area contributed by atoms with E-state index in [1.54, 1.807) is 22.6 Å².